The number of hydrogen-bond donors (Lipinski definition) is 1. The molecule has 6 nitrogen and oxygen atoms in total. The lowest BCUT2D eigenvalue weighted by molar-refractivity contribution is -0.140. The molecular formula is C25H23NO5S. The Bertz CT molecular complexity index is 1200. The van der Waals surface area contributed by atoms with Crippen LogP contribution in [-0.2, 0) is 16.1 Å². The molecule has 2 aromatic carbocycles. The van der Waals surface area contributed by atoms with Gasteiger partial charge in [0.05, 0.1) is 32.4 Å². The van der Waals surface area contributed by atoms with Crippen molar-refractivity contribution in [3.05, 3.63) is 87.1 Å². The molecule has 1 amide bonds. The van der Waals surface area contributed by atoms with Crippen LogP contribution in [0.3, 0.4) is 0 Å². The number of thiophene rings is 1. The zero-order chi connectivity index (χ0) is 22.8. The summed E-state index contributed by atoms with van der Waals surface area (Å²) in [6.45, 7) is 2.00. The van der Waals surface area contributed by atoms with E-state index in [0.29, 0.717) is 17.1 Å². The molecule has 0 saturated carbocycles. The molecule has 1 fully saturated rings. The first-order valence-corrected chi connectivity index (χ1v) is 10.9. The molecule has 164 valence electrons. The fourth-order valence-corrected chi connectivity index (χ4v) is 4.82. The number of methoxy groups -OCH3 is 2. The summed E-state index contributed by atoms with van der Waals surface area (Å²) in [4.78, 5) is 28.6. The van der Waals surface area contributed by atoms with Crippen molar-refractivity contribution < 1.29 is 24.2 Å². The fourth-order valence-electron chi connectivity index (χ4n) is 3.98. The Morgan fingerprint density at radius 2 is 1.84 bits per heavy atom. The van der Waals surface area contributed by atoms with Gasteiger partial charge in [0.2, 0.25) is 0 Å². The van der Waals surface area contributed by atoms with E-state index >= 15 is 0 Å². The van der Waals surface area contributed by atoms with Gasteiger partial charge in [-0.15, -0.1) is 11.3 Å². The molecule has 1 unspecified atom stereocenters. The monoisotopic (exact) mass is 449 g/mol. The Balaban J connectivity index is 1.84. The number of benzene rings is 2. The minimum atomic E-state index is -0.703. The Morgan fingerprint density at radius 1 is 1.06 bits per heavy atom. The van der Waals surface area contributed by atoms with Crippen LogP contribution in [-0.4, -0.2) is 35.9 Å². The summed E-state index contributed by atoms with van der Waals surface area (Å²) in [5, 5.41) is 13.1. The zero-order valence-corrected chi connectivity index (χ0v) is 18.8. The predicted octanol–water partition coefficient (Wildman–Crippen LogP) is 4.70. The van der Waals surface area contributed by atoms with E-state index in [2.05, 4.69) is 0 Å². The average molecular weight is 450 g/mol. The Hall–Kier alpha value is -3.58. The molecule has 1 aromatic heterocycles. The summed E-state index contributed by atoms with van der Waals surface area (Å²) >= 11 is 1.43. The molecule has 1 aliphatic rings. The largest absolute Gasteiger partial charge is 0.507 e. The number of carbonyl (C=O) groups excluding carboxylic acids is 2. The van der Waals surface area contributed by atoms with Gasteiger partial charge in [-0.05, 0) is 48.2 Å². The van der Waals surface area contributed by atoms with E-state index in [1.54, 1.807) is 32.4 Å². The SMILES string of the molecule is COc1ccc(/C(O)=C2/C(=O)C(=O)N(Cc3ccccc3OC)C2c2cccs2)c(C)c1. The Labute approximate surface area is 190 Å². The lowest BCUT2D eigenvalue weighted by Crippen LogP contribution is -2.29. The molecule has 7 heteroatoms. The van der Waals surface area contributed by atoms with Crippen LogP contribution >= 0.6 is 11.3 Å². The van der Waals surface area contributed by atoms with Gasteiger partial charge >= 0.3 is 0 Å². The maximum absolute atomic E-state index is 13.2. The Kier molecular flexibility index (Phi) is 6.01. The van der Waals surface area contributed by atoms with Crippen LogP contribution in [0.1, 0.15) is 27.6 Å². The number of Topliss-reactive ketones (excluding diaryl/α,β-unsaturated/α-hetero) is 1. The first-order chi connectivity index (χ1) is 15.5. The second-order valence-electron chi connectivity index (χ2n) is 7.44. The maximum atomic E-state index is 13.2. The van der Waals surface area contributed by atoms with Crippen molar-refractivity contribution >= 4 is 28.8 Å². The summed E-state index contributed by atoms with van der Waals surface area (Å²) in [7, 11) is 3.13. The molecule has 1 atom stereocenters. The van der Waals surface area contributed by atoms with Gasteiger partial charge < -0.3 is 19.5 Å². The zero-order valence-electron chi connectivity index (χ0n) is 18.0. The minimum Gasteiger partial charge on any atom is -0.507 e. The number of aliphatic hydroxyl groups is 1. The first kappa shape index (κ1) is 21.6. The number of ether oxygens (including phenoxy) is 2. The highest BCUT2D eigenvalue weighted by atomic mass is 32.1. The Morgan fingerprint density at radius 3 is 2.50 bits per heavy atom. The van der Waals surface area contributed by atoms with Crippen LogP contribution in [0.25, 0.3) is 5.76 Å². The highest BCUT2D eigenvalue weighted by Gasteiger charge is 2.46. The molecule has 1 aliphatic heterocycles. The fraction of sp³-hybridized carbons (Fsp3) is 0.200. The molecule has 0 spiro atoms. The van der Waals surface area contributed by atoms with Crippen LogP contribution in [0.5, 0.6) is 11.5 Å². The van der Waals surface area contributed by atoms with Crippen LogP contribution in [0.15, 0.2) is 65.6 Å². The molecule has 32 heavy (non-hydrogen) atoms. The number of para-hydroxylation sites is 1. The van der Waals surface area contributed by atoms with Crippen molar-refractivity contribution in [1.82, 2.24) is 4.90 Å². The number of nitrogens with zero attached hydrogens (tertiary/aromatic N) is 1. The minimum absolute atomic E-state index is 0.0839. The third-order valence-corrected chi connectivity index (χ3v) is 6.50. The van der Waals surface area contributed by atoms with Crippen molar-refractivity contribution in [2.75, 3.05) is 14.2 Å². The van der Waals surface area contributed by atoms with E-state index in [1.807, 2.05) is 48.7 Å². The van der Waals surface area contributed by atoms with E-state index in [-0.39, 0.29) is 17.9 Å². The molecule has 0 radical (unpaired) electrons. The summed E-state index contributed by atoms with van der Waals surface area (Å²) in [5.41, 5.74) is 2.09. The third kappa shape index (κ3) is 3.76. The highest BCUT2D eigenvalue weighted by Crippen LogP contribution is 2.43. The maximum Gasteiger partial charge on any atom is 0.295 e. The van der Waals surface area contributed by atoms with Crippen molar-refractivity contribution in [2.24, 2.45) is 0 Å². The number of likely N-dealkylation sites (tertiary alicyclic amines) is 1. The lowest BCUT2D eigenvalue weighted by Gasteiger charge is -2.25. The number of hydrogen-bond acceptors (Lipinski definition) is 6. The number of ketones is 1. The second-order valence-corrected chi connectivity index (χ2v) is 8.41. The van der Waals surface area contributed by atoms with Gasteiger partial charge in [-0.3, -0.25) is 9.59 Å². The van der Waals surface area contributed by atoms with Gasteiger partial charge in [0.1, 0.15) is 17.3 Å². The standard InChI is InChI=1S/C25H23NO5S/c1-15-13-17(30-2)10-11-18(15)23(27)21-22(20-9-6-12-32-20)26(25(29)24(21)28)14-16-7-4-5-8-19(16)31-3/h4-13,22,27H,14H2,1-3H3/b23-21-. The van der Waals surface area contributed by atoms with Crippen molar-refractivity contribution in [3.63, 3.8) is 0 Å². The number of aryl methyl sites for hydroxylation is 1. The van der Waals surface area contributed by atoms with Crippen molar-refractivity contribution in [2.45, 2.75) is 19.5 Å². The van der Waals surface area contributed by atoms with E-state index < -0.39 is 17.7 Å². The van der Waals surface area contributed by atoms with Gasteiger partial charge in [0.15, 0.2) is 0 Å². The molecule has 2 heterocycles. The van der Waals surface area contributed by atoms with Crippen LogP contribution < -0.4 is 9.47 Å². The van der Waals surface area contributed by atoms with Crippen molar-refractivity contribution in [3.8, 4) is 11.5 Å². The second kappa shape index (κ2) is 8.88. The normalized spacial score (nSPS) is 17.6. The van der Waals surface area contributed by atoms with Crippen LogP contribution in [0, 0.1) is 6.92 Å². The van der Waals surface area contributed by atoms with E-state index in [1.165, 1.54) is 16.2 Å². The molecule has 3 aromatic rings. The van der Waals surface area contributed by atoms with Crippen LogP contribution in [0.2, 0.25) is 0 Å². The summed E-state index contributed by atoms with van der Waals surface area (Å²) in [6, 6.07) is 15.6. The quantitative estimate of drug-likeness (QED) is 0.336. The van der Waals surface area contributed by atoms with E-state index in [4.69, 9.17) is 9.47 Å². The molecule has 0 aliphatic carbocycles. The predicted molar refractivity (Wildman–Crippen MR) is 123 cm³/mol. The van der Waals surface area contributed by atoms with Gasteiger partial charge in [-0.1, -0.05) is 24.3 Å². The first-order valence-electron chi connectivity index (χ1n) is 10.0. The van der Waals surface area contributed by atoms with Gasteiger partial charge in [-0.2, -0.15) is 0 Å². The van der Waals surface area contributed by atoms with Gasteiger partial charge in [0, 0.05) is 16.0 Å². The topological polar surface area (TPSA) is 76.1 Å². The lowest BCUT2D eigenvalue weighted by atomic mass is 9.97. The van der Waals surface area contributed by atoms with Crippen LogP contribution in [0.4, 0.5) is 0 Å². The number of aliphatic hydroxyl groups excluding tert-OH is 1. The van der Waals surface area contributed by atoms with Gasteiger partial charge in [-0.25, -0.2) is 0 Å². The smallest absolute Gasteiger partial charge is 0.295 e. The van der Waals surface area contributed by atoms with E-state index in [9.17, 15) is 14.7 Å². The molecular weight excluding hydrogens is 426 g/mol. The summed E-state index contributed by atoms with van der Waals surface area (Å²) < 4.78 is 10.7. The number of amides is 1. The van der Waals surface area contributed by atoms with E-state index in [0.717, 1.165) is 16.0 Å². The average Bonchev–Trinajstić information content (AvgIpc) is 3.41. The molecule has 4 rings (SSSR count). The van der Waals surface area contributed by atoms with Crippen molar-refractivity contribution in [1.29, 1.82) is 0 Å². The summed E-state index contributed by atoms with van der Waals surface area (Å²) in [6.07, 6.45) is 0. The molecule has 1 saturated heterocycles. The third-order valence-electron chi connectivity index (χ3n) is 5.57. The summed E-state index contributed by atoms with van der Waals surface area (Å²) in [5.74, 6) is -0.270. The molecule has 0 bridgehead atoms. The number of carbonyl (C=O) groups is 2. The molecule has 1 N–H and O–H groups in total. The number of rotatable bonds is 6. The highest BCUT2D eigenvalue weighted by molar-refractivity contribution is 7.10. The van der Waals surface area contributed by atoms with Gasteiger partial charge in [0.25, 0.3) is 11.7 Å².